The smallest absolute Gasteiger partial charge is 0.305 e. The van der Waals surface area contributed by atoms with Gasteiger partial charge in [-0.05, 0) is 24.3 Å². The molecule has 2 aromatic rings. The van der Waals surface area contributed by atoms with E-state index in [4.69, 9.17) is 0 Å². The van der Waals surface area contributed by atoms with Crippen molar-refractivity contribution in [1.29, 1.82) is 0 Å². The van der Waals surface area contributed by atoms with Gasteiger partial charge in [0.2, 0.25) is 0 Å². The highest BCUT2D eigenvalue weighted by Gasteiger charge is 2.27. The second kappa shape index (κ2) is 7.97. The van der Waals surface area contributed by atoms with Crippen LogP contribution in [0.3, 0.4) is 0 Å². The fraction of sp³-hybridized carbons (Fsp3) is 0.333. The van der Waals surface area contributed by atoms with Crippen molar-refractivity contribution in [3.05, 3.63) is 65.2 Å². The van der Waals surface area contributed by atoms with E-state index in [0.29, 0.717) is 36.0 Å². The van der Waals surface area contributed by atoms with Crippen LogP contribution in [0.15, 0.2) is 48.5 Å². The Morgan fingerprint density at radius 3 is 2.36 bits per heavy atom. The minimum atomic E-state index is -0.370. The maximum atomic E-state index is 12.7. The van der Waals surface area contributed by atoms with E-state index >= 15 is 0 Å². The van der Waals surface area contributed by atoms with Crippen molar-refractivity contribution in [2.24, 2.45) is 0 Å². The lowest BCUT2D eigenvalue weighted by molar-refractivity contribution is -0.140. The molecule has 2 rings (SSSR count). The molecule has 0 aliphatic heterocycles. The molecule has 0 atom stereocenters. The van der Waals surface area contributed by atoms with Crippen LogP contribution in [0.4, 0.5) is 0 Å². The molecule has 2 aromatic carbocycles. The summed E-state index contributed by atoms with van der Waals surface area (Å²) in [5.74, 6) is -0.433. The Morgan fingerprint density at radius 1 is 1.04 bits per heavy atom. The number of hydrogen-bond acceptors (Lipinski definition) is 4. The number of methoxy groups -OCH3 is 1. The van der Waals surface area contributed by atoms with Crippen molar-refractivity contribution in [2.45, 2.75) is 38.5 Å². The summed E-state index contributed by atoms with van der Waals surface area (Å²) >= 11 is 0. The maximum Gasteiger partial charge on any atom is 0.305 e. The molecule has 4 nitrogen and oxygen atoms in total. The third-order valence-corrected chi connectivity index (χ3v) is 4.46. The summed E-state index contributed by atoms with van der Waals surface area (Å²) in [7, 11) is 1.37. The number of esters is 1. The van der Waals surface area contributed by atoms with Crippen molar-refractivity contribution in [1.82, 2.24) is 0 Å². The second-order valence-corrected chi connectivity index (χ2v) is 6.71. The number of ketones is 1. The zero-order chi connectivity index (χ0) is 18.4. The van der Waals surface area contributed by atoms with Crippen molar-refractivity contribution in [2.75, 3.05) is 7.11 Å². The van der Waals surface area contributed by atoms with Crippen LogP contribution in [0, 0.1) is 0 Å². The summed E-state index contributed by atoms with van der Waals surface area (Å²) in [5, 5.41) is 10.7. The van der Waals surface area contributed by atoms with Crippen LogP contribution in [0.25, 0.3) is 0 Å². The SMILES string of the molecule is COC(=O)CCCC(C)(C)c1cccc(C(=O)c2ccccc2)c1O. The third kappa shape index (κ3) is 4.47. The molecule has 0 amide bonds. The predicted octanol–water partition coefficient (Wildman–Crippen LogP) is 4.24. The third-order valence-electron chi connectivity index (χ3n) is 4.46. The number of benzene rings is 2. The molecule has 132 valence electrons. The summed E-state index contributed by atoms with van der Waals surface area (Å²) in [5.41, 5.74) is 1.17. The first kappa shape index (κ1) is 18.7. The number of phenolic OH excluding ortho intramolecular Hbond substituents is 1. The van der Waals surface area contributed by atoms with Crippen LogP contribution < -0.4 is 0 Å². The number of carbonyl (C=O) groups is 2. The highest BCUT2D eigenvalue weighted by Crippen LogP contribution is 2.37. The summed E-state index contributed by atoms with van der Waals surface area (Å²) in [6, 6.07) is 14.2. The number of carbonyl (C=O) groups excluding carboxylic acids is 2. The molecule has 0 radical (unpaired) electrons. The molecule has 0 heterocycles. The lowest BCUT2D eigenvalue weighted by Gasteiger charge is -2.27. The van der Waals surface area contributed by atoms with Gasteiger partial charge in [0.15, 0.2) is 5.78 Å². The highest BCUT2D eigenvalue weighted by atomic mass is 16.5. The average molecular weight is 340 g/mol. The maximum absolute atomic E-state index is 12.7. The van der Waals surface area contributed by atoms with Crippen LogP contribution in [-0.2, 0) is 14.9 Å². The van der Waals surface area contributed by atoms with Gasteiger partial charge in [-0.25, -0.2) is 0 Å². The lowest BCUT2D eigenvalue weighted by atomic mass is 9.78. The summed E-state index contributed by atoms with van der Waals surface area (Å²) in [6.07, 6.45) is 1.68. The molecular weight excluding hydrogens is 316 g/mol. The van der Waals surface area contributed by atoms with E-state index in [1.54, 1.807) is 36.4 Å². The fourth-order valence-electron chi connectivity index (χ4n) is 2.93. The van der Waals surface area contributed by atoms with E-state index in [-0.39, 0.29) is 22.9 Å². The van der Waals surface area contributed by atoms with Crippen molar-refractivity contribution in [3.63, 3.8) is 0 Å². The van der Waals surface area contributed by atoms with Crippen LogP contribution in [0.1, 0.15) is 54.6 Å². The number of para-hydroxylation sites is 1. The topological polar surface area (TPSA) is 63.6 Å². The molecular formula is C21H24O4. The monoisotopic (exact) mass is 340 g/mol. The largest absolute Gasteiger partial charge is 0.507 e. The van der Waals surface area contributed by atoms with Crippen LogP contribution in [0.5, 0.6) is 5.75 Å². The zero-order valence-electron chi connectivity index (χ0n) is 14.9. The van der Waals surface area contributed by atoms with Crippen molar-refractivity contribution < 1.29 is 19.4 Å². The Bertz CT molecular complexity index is 748. The molecule has 0 saturated carbocycles. The van der Waals surface area contributed by atoms with Crippen molar-refractivity contribution >= 4 is 11.8 Å². The molecule has 0 unspecified atom stereocenters. The highest BCUT2D eigenvalue weighted by molar-refractivity contribution is 6.10. The Kier molecular flexibility index (Phi) is 5.97. The lowest BCUT2D eigenvalue weighted by Crippen LogP contribution is -2.19. The minimum Gasteiger partial charge on any atom is -0.507 e. The van der Waals surface area contributed by atoms with E-state index in [0.717, 1.165) is 0 Å². The molecule has 0 aliphatic rings. The van der Waals surface area contributed by atoms with Crippen LogP contribution in [-0.4, -0.2) is 24.0 Å². The van der Waals surface area contributed by atoms with E-state index in [9.17, 15) is 14.7 Å². The van der Waals surface area contributed by atoms with Gasteiger partial charge >= 0.3 is 5.97 Å². The van der Waals surface area contributed by atoms with Crippen LogP contribution in [0.2, 0.25) is 0 Å². The molecule has 0 bridgehead atoms. The van der Waals surface area contributed by atoms with E-state index in [2.05, 4.69) is 4.74 Å². The van der Waals surface area contributed by atoms with Gasteiger partial charge < -0.3 is 9.84 Å². The number of phenols is 1. The first-order valence-corrected chi connectivity index (χ1v) is 8.36. The Balaban J connectivity index is 2.25. The van der Waals surface area contributed by atoms with Gasteiger partial charge in [-0.2, -0.15) is 0 Å². The fourth-order valence-corrected chi connectivity index (χ4v) is 2.93. The molecule has 25 heavy (non-hydrogen) atoms. The standard InChI is InChI=1S/C21H24O4/c1-21(2,14-8-13-18(22)25-3)17-12-7-11-16(20(17)24)19(23)15-9-5-4-6-10-15/h4-7,9-12,24H,8,13-14H2,1-3H3. The Hall–Kier alpha value is -2.62. The Morgan fingerprint density at radius 2 is 1.72 bits per heavy atom. The van der Waals surface area contributed by atoms with Gasteiger partial charge in [-0.15, -0.1) is 0 Å². The Labute approximate surface area is 148 Å². The molecule has 0 aromatic heterocycles. The van der Waals surface area contributed by atoms with E-state index in [1.807, 2.05) is 26.0 Å². The quantitative estimate of drug-likeness (QED) is 0.605. The second-order valence-electron chi connectivity index (χ2n) is 6.71. The van der Waals surface area contributed by atoms with E-state index in [1.165, 1.54) is 7.11 Å². The number of rotatable bonds is 7. The molecule has 0 saturated heterocycles. The molecule has 0 spiro atoms. The van der Waals surface area contributed by atoms with Gasteiger partial charge in [-0.3, -0.25) is 9.59 Å². The minimum absolute atomic E-state index is 0.0134. The van der Waals surface area contributed by atoms with Gasteiger partial charge in [0.05, 0.1) is 12.7 Å². The normalized spacial score (nSPS) is 11.2. The van der Waals surface area contributed by atoms with Gasteiger partial charge in [0, 0.05) is 17.5 Å². The summed E-state index contributed by atoms with van der Waals surface area (Å²) < 4.78 is 4.66. The molecule has 0 fully saturated rings. The first-order valence-electron chi connectivity index (χ1n) is 8.36. The van der Waals surface area contributed by atoms with Gasteiger partial charge in [0.25, 0.3) is 0 Å². The van der Waals surface area contributed by atoms with Gasteiger partial charge in [0.1, 0.15) is 5.75 Å². The van der Waals surface area contributed by atoms with Crippen LogP contribution >= 0.6 is 0 Å². The average Bonchev–Trinajstić information content (AvgIpc) is 2.61. The van der Waals surface area contributed by atoms with Gasteiger partial charge in [-0.1, -0.05) is 56.3 Å². The molecule has 0 aliphatic carbocycles. The van der Waals surface area contributed by atoms with Crippen molar-refractivity contribution in [3.8, 4) is 5.75 Å². The summed E-state index contributed by atoms with van der Waals surface area (Å²) in [4.78, 5) is 24.0. The van der Waals surface area contributed by atoms with E-state index < -0.39 is 0 Å². The number of hydrogen-bond donors (Lipinski definition) is 1. The first-order chi connectivity index (χ1) is 11.9. The predicted molar refractivity (Wildman–Crippen MR) is 96.9 cm³/mol. The number of aromatic hydroxyl groups is 1. The molecule has 1 N–H and O–H groups in total. The number of ether oxygens (including phenoxy) is 1. The summed E-state index contributed by atoms with van der Waals surface area (Å²) in [6.45, 7) is 3.99. The molecule has 4 heteroatoms. The zero-order valence-corrected chi connectivity index (χ0v) is 14.9.